The van der Waals surface area contributed by atoms with Gasteiger partial charge in [-0.15, -0.1) is 0 Å². The molecule has 2 N–H and O–H groups in total. The molecule has 9 nitrogen and oxygen atoms in total. The minimum atomic E-state index is -0.986. The summed E-state index contributed by atoms with van der Waals surface area (Å²) >= 11 is 0. The molecule has 2 unspecified atom stereocenters. The fraction of sp³-hybridized carbons (Fsp3) is 0.647. The molecule has 9 heteroatoms. The molecule has 2 atom stereocenters. The molecule has 0 aromatic heterocycles. The van der Waals surface area contributed by atoms with Gasteiger partial charge in [-0.1, -0.05) is 83.7 Å². The topological polar surface area (TPSA) is 114 Å². The van der Waals surface area contributed by atoms with Crippen LogP contribution in [0.4, 0.5) is 4.79 Å². The Morgan fingerprint density at radius 1 is 1.02 bits per heavy atom. The Morgan fingerprint density at radius 2 is 1.70 bits per heavy atom. The summed E-state index contributed by atoms with van der Waals surface area (Å²) in [5.41, 5.74) is 0.686. The van der Waals surface area contributed by atoms with Crippen molar-refractivity contribution >= 4 is 30.0 Å². The Hall–Kier alpha value is -3.36. The third-order valence-corrected chi connectivity index (χ3v) is 6.69. The van der Waals surface area contributed by atoms with Crippen LogP contribution < -0.4 is 10.6 Å². The molecule has 3 amide bonds. The molecule has 0 aliphatic heterocycles. The maximum absolute atomic E-state index is 14.4. The number of esters is 1. The van der Waals surface area contributed by atoms with Crippen LogP contribution in [0.15, 0.2) is 30.8 Å². The van der Waals surface area contributed by atoms with Gasteiger partial charge in [0.25, 0.3) is 0 Å². The van der Waals surface area contributed by atoms with Gasteiger partial charge in [0.1, 0.15) is 17.7 Å². The van der Waals surface area contributed by atoms with Crippen LogP contribution in [0.25, 0.3) is 6.08 Å². The van der Waals surface area contributed by atoms with E-state index in [1.54, 1.807) is 38.7 Å². The van der Waals surface area contributed by atoms with E-state index in [4.69, 9.17) is 9.47 Å². The van der Waals surface area contributed by atoms with Crippen molar-refractivity contribution in [3.05, 3.63) is 42.0 Å². The number of nitrogens with one attached hydrogen (secondary N) is 2. The summed E-state index contributed by atoms with van der Waals surface area (Å²) < 4.78 is 10.5. The van der Waals surface area contributed by atoms with Crippen molar-refractivity contribution in [2.24, 2.45) is 5.92 Å². The van der Waals surface area contributed by atoms with E-state index < -0.39 is 35.7 Å². The van der Waals surface area contributed by atoms with Crippen molar-refractivity contribution in [3.63, 3.8) is 0 Å². The molecular formula is C34H55N3O6. The smallest absolute Gasteiger partial charge is 0.408 e. The zero-order valence-electron chi connectivity index (χ0n) is 27.5. The van der Waals surface area contributed by atoms with E-state index in [1.165, 1.54) is 0 Å². The quantitative estimate of drug-likeness (QED) is 0.137. The zero-order chi connectivity index (χ0) is 32.4. The molecule has 43 heavy (non-hydrogen) atoms. The third kappa shape index (κ3) is 15.1. The van der Waals surface area contributed by atoms with Gasteiger partial charge in [-0.3, -0.25) is 14.4 Å². The molecule has 0 saturated heterocycles. The maximum atomic E-state index is 14.4. The lowest BCUT2D eigenvalue weighted by atomic mass is 9.97. The number of carbonyl (C=O) groups is 4. The molecule has 0 aliphatic rings. The van der Waals surface area contributed by atoms with E-state index in [1.807, 2.05) is 38.1 Å². The van der Waals surface area contributed by atoms with Crippen LogP contribution >= 0.6 is 0 Å². The first-order chi connectivity index (χ1) is 20.3. The summed E-state index contributed by atoms with van der Waals surface area (Å²) in [6, 6.07) is 5.46. The zero-order valence-corrected chi connectivity index (χ0v) is 27.5. The van der Waals surface area contributed by atoms with Crippen molar-refractivity contribution in [1.29, 1.82) is 0 Å². The summed E-state index contributed by atoms with van der Waals surface area (Å²) in [6.45, 7) is 17.6. The van der Waals surface area contributed by atoms with Crippen molar-refractivity contribution in [1.82, 2.24) is 15.5 Å². The molecule has 0 fully saturated rings. The second kappa shape index (κ2) is 19.8. The van der Waals surface area contributed by atoms with E-state index in [-0.39, 0.29) is 31.4 Å². The lowest BCUT2D eigenvalue weighted by Gasteiger charge is -2.35. The number of unbranched alkanes of at least 4 members (excludes halogenated alkanes) is 5. The van der Waals surface area contributed by atoms with Crippen LogP contribution in [0.5, 0.6) is 0 Å². The predicted octanol–water partition coefficient (Wildman–Crippen LogP) is 6.57. The SMILES string of the molecule is C=Cc1cccc(C(C(=O)NCCC(=O)OCC)N(CCCCCCCC)C(=O)C(CC(C)C)NC(=O)OC(C)(C)C)c1. The average molecular weight is 602 g/mol. The molecule has 1 rings (SSSR count). The molecule has 1 aromatic rings. The molecule has 0 saturated carbocycles. The number of alkyl carbamates (subject to hydrolysis) is 1. The fourth-order valence-corrected chi connectivity index (χ4v) is 4.72. The second-order valence-corrected chi connectivity index (χ2v) is 12.3. The van der Waals surface area contributed by atoms with E-state index >= 15 is 0 Å². The van der Waals surface area contributed by atoms with Gasteiger partial charge in [-0.05, 0) is 63.6 Å². The molecule has 0 aliphatic carbocycles. The highest BCUT2D eigenvalue weighted by atomic mass is 16.6. The summed E-state index contributed by atoms with van der Waals surface area (Å²) in [5.74, 6) is -1.10. The van der Waals surface area contributed by atoms with Crippen LogP contribution in [-0.4, -0.2) is 60.1 Å². The van der Waals surface area contributed by atoms with Crippen molar-refractivity contribution in [2.45, 2.75) is 118 Å². The van der Waals surface area contributed by atoms with Gasteiger partial charge in [-0.25, -0.2) is 4.79 Å². The lowest BCUT2D eigenvalue weighted by Crippen LogP contribution is -2.53. The summed E-state index contributed by atoms with van der Waals surface area (Å²) in [4.78, 5) is 54.6. The predicted molar refractivity (Wildman–Crippen MR) is 171 cm³/mol. The minimum Gasteiger partial charge on any atom is -0.466 e. The first kappa shape index (κ1) is 37.7. The van der Waals surface area contributed by atoms with E-state index in [0.29, 0.717) is 24.9 Å². The van der Waals surface area contributed by atoms with Gasteiger partial charge in [0.05, 0.1) is 13.0 Å². The van der Waals surface area contributed by atoms with Crippen molar-refractivity contribution in [2.75, 3.05) is 19.7 Å². The van der Waals surface area contributed by atoms with Gasteiger partial charge in [0.15, 0.2) is 0 Å². The molecule has 0 bridgehead atoms. The number of nitrogens with zero attached hydrogens (tertiary/aromatic N) is 1. The van der Waals surface area contributed by atoms with Crippen molar-refractivity contribution < 1.29 is 28.7 Å². The number of hydrogen-bond donors (Lipinski definition) is 2. The Labute approximate surface area is 259 Å². The van der Waals surface area contributed by atoms with Crippen LogP contribution in [0.2, 0.25) is 0 Å². The highest BCUT2D eigenvalue weighted by Crippen LogP contribution is 2.26. The van der Waals surface area contributed by atoms with Crippen molar-refractivity contribution in [3.8, 4) is 0 Å². The Bertz CT molecular complexity index is 1030. The second-order valence-electron chi connectivity index (χ2n) is 12.3. The Kier molecular flexibility index (Phi) is 17.3. The molecule has 0 heterocycles. The molecule has 0 radical (unpaired) electrons. The fourth-order valence-electron chi connectivity index (χ4n) is 4.72. The summed E-state index contributed by atoms with van der Waals surface area (Å²) in [6.07, 6.45) is 7.41. The lowest BCUT2D eigenvalue weighted by molar-refractivity contribution is -0.144. The first-order valence-corrected chi connectivity index (χ1v) is 15.8. The highest BCUT2D eigenvalue weighted by Gasteiger charge is 2.36. The van der Waals surface area contributed by atoms with Gasteiger partial charge in [0, 0.05) is 13.1 Å². The molecule has 242 valence electrons. The van der Waals surface area contributed by atoms with Gasteiger partial charge in [0.2, 0.25) is 11.8 Å². The number of carbonyl (C=O) groups excluding carboxylic acids is 4. The van der Waals surface area contributed by atoms with Crippen LogP contribution in [0.1, 0.15) is 117 Å². The Balaban J connectivity index is 3.48. The maximum Gasteiger partial charge on any atom is 0.408 e. The van der Waals surface area contributed by atoms with Gasteiger partial charge in [-0.2, -0.15) is 0 Å². The van der Waals surface area contributed by atoms with Crippen LogP contribution in [0, 0.1) is 5.92 Å². The largest absolute Gasteiger partial charge is 0.466 e. The number of amides is 3. The third-order valence-electron chi connectivity index (χ3n) is 6.69. The van der Waals surface area contributed by atoms with Crippen LogP contribution in [0.3, 0.4) is 0 Å². The minimum absolute atomic E-state index is 0.0144. The Morgan fingerprint density at radius 3 is 2.30 bits per heavy atom. The van der Waals surface area contributed by atoms with Crippen LogP contribution in [-0.2, 0) is 23.9 Å². The monoisotopic (exact) mass is 601 g/mol. The van der Waals surface area contributed by atoms with E-state index in [9.17, 15) is 19.2 Å². The number of rotatable bonds is 19. The van der Waals surface area contributed by atoms with Gasteiger partial charge < -0.3 is 25.0 Å². The molecule has 1 aromatic carbocycles. The average Bonchev–Trinajstić information content (AvgIpc) is 2.92. The number of ether oxygens (including phenoxy) is 2. The standard InChI is InChI=1S/C34H55N3O6/c1-9-12-13-14-15-16-22-37(32(40)28(23-25(4)5)36-33(41)43-34(6,7)8)30(27-19-17-18-26(10-2)24-27)31(39)35-21-20-29(38)42-11-3/h10,17-19,24-25,28,30H,2,9,11-16,20-23H2,1,3-8H3,(H,35,39)(H,36,41). The summed E-state index contributed by atoms with van der Waals surface area (Å²) in [7, 11) is 0. The first-order valence-electron chi connectivity index (χ1n) is 15.8. The normalized spacial score (nSPS) is 12.7. The summed E-state index contributed by atoms with van der Waals surface area (Å²) in [5, 5.41) is 5.62. The van der Waals surface area contributed by atoms with E-state index in [2.05, 4.69) is 24.1 Å². The highest BCUT2D eigenvalue weighted by molar-refractivity contribution is 5.92. The number of hydrogen-bond acceptors (Lipinski definition) is 6. The van der Waals surface area contributed by atoms with Gasteiger partial charge >= 0.3 is 12.1 Å². The van der Waals surface area contributed by atoms with E-state index in [0.717, 1.165) is 37.7 Å². The molecular weight excluding hydrogens is 546 g/mol. The number of benzene rings is 1. The molecule has 0 spiro atoms.